The molecule has 0 saturated carbocycles. The molecule has 21 heavy (non-hydrogen) atoms. The van der Waals surface area contributed by atoms with Crippen LogP contribution in [0.4, 0.5) is 5.82 Å². The van der Waals surface area contributed by atoms with E-state index in [2.05, 4.69) is 11.0 Å². The maximum Gasteiger partial charge on any atom is 0.133 e. The van der Waals surface area contributed by atoms with E-state index in [1.165, 1.54) is 42.5 Å². The van der Waals surface area contributed by atoms with E-state index in [9.17, 15) is 5.11 Å². The fourth-order valence-corrected chi connectivity index (χ4v) is 3.77. The third-order valence-corrected chi connectivity index (χ3v) is 4.93. The van der Waals surface area contributed by atoms with Crippen LogP contribution in [0.25, 0.3) is 0 Å². The third kappa shape index (κ3) is 3.22. The van der Waals surface area contributed by atoms with E-state index >= 15 is 0 Å². The lowest BCUT2D eigenvalue weighted by atomic mass is 9.93. The van der Waals surface area contributed by atoms with Gasteiger partial charge in [-0.15, -0.1) is 0 Å². The largest absolute Gasteiger partial charge is 0.396 e. The normalized spacial score (nSPS) is 22.2. The Balaban J connectivity index is 1.86. The van der Waals surface area contributed by atoms with Crippen LogP contribution in [0.15, 0.2) is 6.07 Å². The number of hydrogen-bond donors (Lipinski definition) is 2. The molecule has 1 aliphatic heterocycles. The van der Waals surface area contributed by atoms with Gasteiger partial charge in [0.2, 0.25) is 0 Å². The van der Waals surface area contributed by atoms with Crippen molar-refractivity contribution >= 4 is 5.82 Å². The third-order valence-electron chi connectivity index (χ3n) is 4.93. The Morgan fingerprint density at radius 2 is 2.14 bits per heavy atom. The van der Waals surface area contributed by atoms with E-state index < -0.39 is 0 Å². The summed E-state index contributed by atoms with van der Waals surface area (Å²) in [5.74, 6) is 1.70. The minimum absolute atomic E-state index is 0.292. The lowest BCUT2D eigenvalue weighted by Crippen LogP contribution is -2.37. The van der Waals surface area contributed by atoms with Crippen LogP contribution in [0, 0.1) is 5.92 Å². The molecule has 4 nitrogen and oxygen atoms in total. The average Bonchev–Trinajstić information content (AvgIpc) is 2.54. The molecule has 0 spiro atoms. The fraction of sp³-hybridized carbons (Fsp3) is 0.706. The Morgan fingerprint density at radius 1 is 1.29 bits per heavy atom. The van der Waals surface area contributed by atoms with Crippen molar-refractivity contribution in [2.45, 2.75) is 51.5 Å². The molecule has 3 rings (SSSR count). The highest BCUT2D eigenvalue weighted by Crippen LogP contribution is 2.30. The van der Waals surface area contributed by atoms with Crippen LogP contribution in [0.1, 0.15) is 48.9 Å². The molecule has 1 unspecified atom stereocenters. The molecule has 1 aliphatic carbocycles. The van der Waals surface area contributed by atoms with Crippen LogP contribution in [-0.4, -0.2) is 29.8 Å². The molecule has 1 aromatic heterocycles. The van der Waals surface area contributed by atoms with Gasteiger partial charge in [-0.2, -0.15) is 0 Å². The molecular formula is C17H27N3O. The van der Waals surface area contributed by atoms with Crippen molar-refractivity contribution in [3.8, 4) is 0 Å². The van der Waals surface area contributed by atoms with Gasteiger partial charge in [0.05, 0.1) is 0 Å². The molecule has 4 heteroatoms. The first-order valence-corrected chi connectivity index (χ1v) is 8.39. The zero-order valence-electron chi connectivity index (χ0n) is 12.9. The van der Waals surface area contributed by atoms with Crippen LogP contribution < -0.4 is 10.6 Å². The summed E-state index contributed by atoms with van der Waals surface area (Å²) in [4.78, 5) is 7.39. The Labute approximate surface area is 127 Å². The van der Waals surface area contributed by atoms with Gasteiger partial charge >= 0.3 is 0 Å². The summed E-state index contributed by atoms with van der Waals surface area (Å²) >= 11 is 0. The number of nitrogens with zero attached hydrogens (tertiary/aromatic N) is 2. The van der Waals surface area contributed by atoms with Crippen LogP contribution in [-0.2, 0) is 19.4 Å². The highest BCUT2D eigenvalue weighted by Gasteiger charge is 2.24. The minimum atomic E-state index is 0.292. The van der Waals surface area contributed by atoms with Crippen molar-refractivity contribution in [3.05, 3.63) is 22.9 Å². The van der Waals surface area contributed by atoms with E-state index in [0.29, 0.717) is 19.1 Å². The Bertz CT molecular complexity index is 487. The van der Waals surface area contributed by atoms with E-state index in [-0.39, 0.29) is 0 Å². The molecule has 0 aromatic carbocycles. The van der Waals surface area contributed by atoms with E-state index in [4.69, 9.17) is 10.7 Å². The molecular weight excluding hydrogens is 262 g/mol. The highest BCUT2D eigenvalue weighted by atomic mass is 16.3. The quantitative estimate of drug-likeness (QED) is 0.890. The zero-order valence-corrected chi connectivity index (χ0v) is 12.9. The number of fused-ring (bicyclic) bond motifs is 1. The maximum atomic E-state index is 9.18. The number of aliphatic hydroxyl groups excluding tert-OH is 1. The van der Waals surface area contributed by atoms with Crippen molar-refractivity contribution in [1.82, 2.24) is 4.98 Å². The molecule has 1 fully saturated rings. The van der Waals surface area contributed by atoms with Crippen molar-refractivity contribution in [1.29, 1.82) is 0 Å². The number of rotatable bonds is 4. The number of pyridine rings is 1. The van der Waals surface area contributed by atoms with E-state index in [1.807, 2.05) is 0 Å². The van der Waals surface area contributed by atoms with Crippen molar-refractivity contribution in [2.75, 3.05) is 24.6 Å². The van der Waals surface area contributed by atoms with Gasteiger partial charge < -0.3 is 15.7 Å². The van der Waals surface area contributed by atoms with Gasteiger partial charge in [-0.3, -0.25) is 0 Å². The first-order valence-electron chi connectivity index (χ1n) is 8.39. The predicted molar refractivity (Wildman–Crippen MR) is 85.4 cm³/mol. The molecule has 1 saturated heterocycles. The number of hydrogen-bond acceptors (Lipinski definition) is 4. The molecule has 1 atom stereocenters. The van der Waals surface area contributed by atoms with Crippen molar-refractivity contribution in [2.24, 2.45) is 11.7 Å². The Kier molecular flexibility index (Phi) is 4.76. The second kappa shape index (κ2) is 6.75. The van der Waals surface area contributed by atoms with Crippen LogP contribution in [0.2, 0.25) is 0 Å². The molecule has 2 aliphatic rings. The highest BCUT2D eigenvalue weighted by molar-refractivity contribution is 5.51. The van der Waals surface area contributed by atoms with Crippen LogP contribution in [0.5, 0.6) is 0 Å². The first kappa shape index (κ1) is 14.8. The zero-order chi connectivity index (χ0) is 14.7. The topological polar surface area (TPSA) is 62.4 Å². The van der Waals surface area contributed by atoms with Gasteiger partial charge in [0, 0.05) is 37.5 Å². The monoisotopic (exact) mass is 289 g/mol. The smallest absolute Gasteiger partial charge is 0.133 e. The summed E-state index contributed by atoms with van der Waals surface area (Å²) in [5.41, 5.74) is 9.87. The number of piperidine rings is 1. The lowest BCUT2D eigenvalue weighted by Gasteiger charge is -2.35. The summed E-state index contributed by atoms with van der Waals surface area (Å²) in [6.45, 7) is 2.94. The van der Waals surface area contributed by atoms with Gasteiger partial charge in [0.25, 0.3) is 0 Å². The molecule has 1 aromatic rings. The summed E-state index contributed by atoms with van der Waals surface area (Å²) in [6, 6.07) is 2.30. The van der Waals surface area contributed by atoms with Crippen molar-refractivity contribution < 1.29 is 5.11 Å². The second-order valence-corrected chi connectivity index (χ2v) is 6.45. The predicted octanol–water partition coefficient (Wildman–Crippen LogP) is 2.02. The maximum absolute atomic E-state index is 9.18. The number of nitrogens with two attached hydrogens (primary N) is 1. The second-order valence-electron chi connectivity index (χ2n) is 6.45. The summed E-state index contributed by atoms with van der Waals surface area (Å²) in [6.07, 6.45) is 8.12. The van der Waals surface area contributed by atoms with Crippen LogP contribution >= 0.6 is 0 Å². The average molecular weight is 289 g/mol. The standard InChI is InChI=1S/C17H27N3O/c18-11-15-10-14-5-1-2-6-16(14)19-17(15)20-8-3-4-13(12-20)7-9-21/h10,13,21H,1-9,11-12,18H2. The van der Waals surface area contributed by atoms with E-state index in [0.717, 1.165) is 38.2 Å². The molecule has 3 N–H and O–H groups in total. The SMILES string of the molecule is NCc1cc2c(nc1N1CCCC(CCO)C1)CCCC2. The summed E-state index contributed by atoms with van der Waals surface area (Å²) < 4.78 is 0. The molecule has 0 bridgehead atoms. The number of anilines is 1. The molecule has 0 radical (unpaired) electrons. The number of aliphatic hydroxyl groups is 1. The number of aryl methyl sites for hydroxylation is 2. The Hall–Kier alpha value is -1.13. The van der Waals surface area contributed by atoms with Gasteiger partial charge in [-0.05, 0) is 62.5 Å². The summed E-state index contributed by atoms with van der Waals surface area (Å²) in [5, 5.41) is 9.18. The van der Waals surface area contributed by atoms with Crippen molar-refractivity contribution in [3.63, 3.8) is 0 Å². The van der Waals surface area contributed by atoms with Gasteiger partial charge in [0.15, 0.2) is 0 Å². The fourth-order valence-electron chi connectivity index (χ4n) is 3.77. The Morgan fingerprint density at radius 3 is 2.95 bits per heavy atom. The van der Waals surface area contributed by atoms with Gasteiger partial charge in [-0.25, -0.2) is 4.98 Å². The lowest BCUT2D eigenvalue weighted by molar-refractivity contribution is 0.244. The molecule has 2 heterocycles. The van der Waals surface area contributed by atoms with E-state index in [1.54, 1.807) is 0 Å². The number of aromatic nitrogens is 1. The van der Waals surface area contributed by atoms with Gasteiger partial charge in [0.1, 0.15) is 5.82 Å². The molecule has 0 amide bonds. The minimum Gasteiger partial charge on any atom is -0.396 e. The molecule has 116 valence electrons. The first-order chi connectivity index (χ1) is 10.3. The van der Waals surface area contributed by atoms with Gasteiger partial charge in [-0.1, -0.05) is 0 Å². The summed E-state index contributed by atoms with van der Waals surface area (Å²) in [7, 11) is 0. The van der Waals surface area contributed by atoms with Crippen LogP contribution in [0.3, 0.4) is 0 Å².